The summed E-state index contributed by atoms with van der Waals surface area (Å²) in [4.78, 5) is 21.1. The summed E-state index contributed by atoms with van der Waals surface area (Å²) in [5.74, 6) is 0.332. The van der Waals surface area contributed by atoms with Crippen LogP contribution in [0.15, 0.2) is 35.7 Å². The molecule has 2 unspecified atom stereocenters. The number of thiazole rings is 1. The number of amides is 1. The van der Waals surface area contributed by atoms with E-state index in [-0.39, 0.29) is 11.8 Å². The molecule has 3 aromatic rings. The molecule has 2 atom stereocenters. The van der Waals surface area contributed by atoms with Crippen LogP contribution in [-0.2, 0) is 11.2 Å². The number of nitrogens with one attached hydrogen (secondary N) is 1. The Hall–Kier alpha value is -1.76. The zero-order valence-electron chi connectivity index (χ0n) is 15.8. The molecule has 0 saturated heterocycles. The van der Waals surface area contributed by atoms with E-state index in [1.807, 2.05) is 29.5 Å². The summed E-state index contributed by atoms with van der Waals surface area (Å²) >= 11 is 3.56. The molecule has 1 amide bonds. The second-order valence-corrected chi connectivity index (χ2v) is 9.23. The summed E-state index contributed by atoms with van der Waals surface area (Å²) in [5.41, 5.74) is 2.46. The van der Waals surface area contributed by atoms with Crippen molar-refractivity contribution in [1.29, 1.82) is 0 Å². The molecule has 0 spiro atoms. The molecule has 2 aromatic heterocycles. The third-order valence-corrected chi connectivity index (χ3v) is 7.54. The first-order chi connectivity index (χ1) is 13.2. The lowest BCUT2D eigenvalue weighted by Crippen LogP contribution is -2.42. The van der Waals surface area contributed by atoms with E-state index in [2.05, 4.69) is 41.6 Å². The number of fused-ring (bicyclic) bond motifs is 2. The first-order valence-corrected chi connectivity index (χ1v) is 11.3. The summed E-state index contributed by atoms with van der Waals surface area (Å²) in [6.45, 7) is 6.41. The number of para-hydroxylation sites is 1. The Morgan fingerprint density at radius 1 is 1.37 bits per heavy atom. The monoisotopic (exact) mass is 399 g/mol. The Balaban J connectivity index is 1.34. The molecule has 1 aliphatic rings. The second-order valence-electron chi connectivity index (χ2n) is 7.17. The van der Waals surface area contributed by atoms with Gasteiger partial charge in [0.15, 0.2) is 0 Å². The Kier molecular flexibility index (Phi) is 5.57. The van der Waals surface area contributed by atoms with Gasteiger partial charge in [-0.3, -0.25) is 9.69 Å². The van der Waals surface area contributed by atoms with E-state index in [1.165, 1.54) is 15.1 Å². The van der Waals surface area contributed by atoms with Gasteiger partial charge >= 0.3 is 0 Å². The summed E-state index contributed by atoms with van der Waals surface area (Å²) in [5, 5.41) is 6.39. The van der Waals surface area contributed by atoms with Gasteiger partial charge in [0.25, 0.3) is 0 Å². The fraction of sp³-hybridized carbons (Fsp3) is 0.429. The lowest BCUT2D eigenvalue weighted by atomic mass is 9.98. The number of benzene rings is 1. The average Bonchev–Trinajstić information content (AvgIpc) is 3.32. The van der Waals surface area contributed by atoms with Gasteiger partial charge in [-0.1, -0.05) is 26.0 Å². The van der Waals surface area contributed by atoms with Crippen molar-refractivity contribution in [2.45, 2.75) is 38.6 Å². The SMILES string of the molecule is CCC1c2ccsc2CCN1CC(=O)NCC(C)c1nc2ccccc2s1. The quantitative estimate of drug-likeness (QED) is 0.659. The Labute approximate surface area is 168 Å². The molecule has 1 aliphatic heterocycles. The first kappa shape index (κ1) is 18.6. The van der Waals surface area contributed by atoms with Gasteiger partial charge in [0.05, 0.1) is 21.8 Å². The van der Waals surface area contributed by atoms with Crippen LogP contribution >= 0.6 is 22.7 Å². The highest BCUT2D eigenvalue weighted by molar-refractivity contribution is 7.18. The van der Waals surface area contributed by atoms with Crippen molar-refractivity contribution < 1.29 is 4.79 Å². The minimum Gasteiger partial charge on any atom is -0.354 e. The van der Waals surface area contributed by atoms with Crippen LogP contribution in [0.1, 0.15) is 47.7 Å². The van der Waals surface area contributed by atoms with E-state index in [9.17, 15) is 4.79 Å². The number of aromatic nitrogens is 1. The van der Waals surface area contributed by atoms with E-state index in [4.69, 9.17) is 4.98 Å². The molecule has 1 aromatic carbocycles. The summed E-state index contributed by atoms with van der Waals surface area (Å²) < 4.78 is 1.20. The van der Waals surface area contributed by atoms with Crippen LogP contribution in [0.3, 0.4) is 0 Å². The fourth-order valence-corrected chi connectivity index (χ4v) is 5.76. The molecule has 4 rings (SSSR count). The average molecular weight is 400 g/mol. The maximum atomic E-state index is 12.6. The molecule has 0 radical (unpaired) electrons. The number of carbonyl (C=O) groups is 1. The normalized spacial score (nSPS) is 18.4. The molecular formula is C21H25N3OS2. The van der Waals surface area contributed by atoms with Crippen LogP contribution in [0, 0.1) is 0 Å². The Bertz CT molecular complexity index is 899. The highest BCUT2D eigenvalue weighted by Crippen LogP contribution is 2.34. The number of rotatable bonds is 6. The predicted octanol–water partition coefficient (Wildman–Crippen LogP) is 4.59. The maximum absolute atomic E-state index is 12.6. The van der Waals surface area contributed by atoms with Gasteiger partial charge in [-0.25, -0.2) is 4.98 Å². The van der Waals surface area contributed by atoms with Crippen molar-refractivity contribution in [3.8, 4) is 0 Å². The number of thiophene rings is 1. The minimum atomic E-state index is 0.111. The standard InChI is InChI=1S/C21H25N3OS2/c1-3-17-15-9-11-26-18(15)8-10-24(17)13-20(25)22-12-14(2)21-23-16-6-4-5-7-19(16)27-21/h4-7,9,11,14,17H,3,8,10,12-13H2,1-2H3,(H,22,25). The fourth-order valence-electron chi connectivity index (χ4n) is 3.81. The van der Waals surface area contributed by atoms with Gasteiger partial charge in [0.1, 0.15) is 0 Å². The van der Waals surface area contributed by atoms with Crippen LogP contribution in [-0.4, -0.2) is 35.4 Å². The van der Waals surface area contributed by atoms with Crippen molar-refractivity contribution in [3.63, 3.8) is 0 Å². The highest BCUT2D eigenvalue weighted by atomic mass is 32.1. The minimum absolute atomic E-state index is 0.111. The van der Waals surface area contributed by atoms with Gasteiger partial charge in [-0.2, -0.15) is 0 Å². The third-order valence-electron chi connectivity index (χ3n) is 5.28. The van der Waals surface area contributed by atoms with Crippen molar-refractivity contribution in [2.24, 2.45) is 0 Å². The molecule has 4 nitrogen and oxygen atoms in total. The lowest BCUT2D eigenvalue weighted by molar-refractivity contribution is -0.123. The largest absolute Gasteiger partial charge is 0.354 e. The molecule has 3 heterocycles. The zero-order chi connectivity index (χ0) is 18.8. The molecule has 6 heteroatoms. The van der Waals surface area contributed by atoms with E-state index in [0.717, 1.165) is 29.9 Å². The molecule has 142 valence electrons. The predicted molar refractivity (Wildman–Crippen MR) is 114 cm³/mol. The molecule has 27 heavy (non-hydrogen) atoms. The van der Waals surface area contributed by atoms with Gasteiger partial charge in [0, 0.05) is 29.9 Å². The van der Waals surface area contributed by atoms with Crippen LogP contribution in [0.2, 0.25) is 0 Å². The third kappa shape index (κ3) is 3.93. The highest BCUT2D eigenvalue weighted by Gasteiger charge is 2.28. The Morgan fingerprint density at radius 3 is 3.04 bits per heavy atom. The van der Waals surface area contributed by atoms with Crippen LogP contribution in [0.4, 0.5) is 0 Å². The first-order valence-electron chi connectivity index (χ1n) is 9.58. The van der Waals surface area contributed by atoms with Crippen LogP contribution in [0.25, 0.3) is 10.2 Å². The topological polar surface area (TPSA) is 45.2 Å². The smallest absolute Gasteiger partial charge is 0.234 e. The summed E-state index contributed by atoms with van der Waals surface area (Å²) in [6.07, 6.45) is 2.10. The van der Waals surface area contributed by atoms with Crippen molar-refractivity contribution in [3.05, 3.63) is 51.2 Å². The Morgan fingerprint density at radius 2 is 2.22 bits per heavy atom. The molecule has 1 N–H and O–H groups in total. The van der Waals surface area contributed by atoms with Crippen LogP contribution in [0.5, 0.6) is 0 Å². The molecule has 0 saturated carbocycles. The van der Waals surface area contributed by atoms with Gasteiger partial charge in [-0.05, 0) is 42.0 Å². The molecule has 0 aliphatic carbocycles. The molecular weight excluding hydrogens is 374 g/mol. The van der Waals surface area contributed by atoms with E-state index < -0.39 is 0 Å². The van der Waals surface area contributed by atoms with Gasteiger partial charge in [0.2, 0.25) is 5.91 Å². The van der Waals surface area contributed by atoms with Crippen molar-refractivity contribution in [1.82, 2.24) is 15.2 Å². The summed E-state index contributed by atoms with van der Waals surface area (Å²) in [6, 6.07) is 10.8. The van der Waals surface area contributed by atoms with E-state index in [0.29, 0.717) is 19.1 Å². The lowest BCUT2D eigenvalue weighted by Gasteiger charge is -2.34. The number of nitrogens with zero attached hydrogens (tertiary/aromatic N) is 2. The number of carbonyl (C=O) groups excluding carboxylic acids is 1. The van der Waals surface area contributed by atoms with Crippen molar-refractivity contribution in [2.75, 3.05) is 19.6 Å². The van der Waals surface area contributed by atoms with Gasteiger partial charge in [-0.15, -0.1) is 22.7 Å². The molecule has 0 bridgehead atoms. The van der Waals surface area contributed by atoms with Crippen LogP contribution < -0.4 is 5.32 Å². The second kappa shape index (κ2) is 8.09. The zero-order valence-corrected chi connectivity index (χ0v) is 17.4. The van der Waals surface area contributed by atoms with E-state index >= 15 is 0 Å². The summed E-state index contributed by atoms with van der Waals surface area (Å²) in [7, 11) is 0. The number of hydrogen-bond donors (Lipinski definition) is 1. The number of hydrogen-bond acceptors (Lipinski definition) is 5. The van der Waals surface area contributed by atoms with Crippen molar-refractivity contribution >= 4 is 38.8 Å². The van der Waals surface area contributed by atoms with E-state index in [1.54, 1.807) is 11.3 Å². The maximum Gasteiger partial charge on any atom is 0.234 e. The van der Waals surface area contributed by atoms with Gasteiger partial charge < -0.3 is 5.32 Å². The molecule has 0 fully saturated rings.